The molecule has 4 nitrogen and oxygen atoms in total. The lowest BCUT2D eigenvalue weighted by Crippen LogP contribution is -1.98. The van der Waals surface area contributed by atoms with E-state index in [0.717, 1.165) is 34.0 Å². The van der Waals surface area contributed by atoms with Crippen LogP contribution in [0, 0.1) is 0 Å². The quantitative estimate of drug-likeness (QED) is 0.574. The van der Waals surface area contributed by atoms with E-state index in [9.17, 15) is 0 Å². The van der Waals surface area contributed by atoms with Crippen molar-refractivity contribution in [2.24, 2.45) is 0 Å². The van der Waals surface area contributed by atoms with Crippen molar-refractivity contribution < 1.29 is 0 Å². The number of aromatic nitrogens is 3. The van der Waals surface area contributed by atoms with Crippen LogP contribution < -0.4 is 5.32 Å². The van der Waals surface area contributed by atoms with Crippen LogP contribution in [-0.4, -0.2) is 21.5 Å². The van der Waals surface area contributed by atoms with Gasteiger partial charge in [0.05, 0.1) is 5.52 Å². The smallest absolute Gasteiger partial charge is 0.125 e. The molecule has 0 aliphatic heterocycles. The molecule has 106 valence electrons. The summed E-state index contributed by atoms with van der Waals surface area (Å²) in [6.45, 7) is 2.94. The van der Waals surface area contributed by atoms with Gasteiger partial charge < -0.3 is 5.32 Å². The molecule has 0 unspecified atom stereocenters. The number of hydrogen-bond acceptors (Lipinski definition) is 5. The first-order chi connectivity index (χ1) is 10.4. The number of anilines is 1. The Hall–Kier alpha value is -2.14. The van der Waals surface area contributed by atoms with Crippen LogP contribution in [0.4, 0.5) is 5.82 Å². The predicted octanol–water partition coefficient (Wildman–Crippen LogP) is 3.75. The Morgan fingerprint density at radius 1 is 1.05 bits per heavy atom. The van der Waals surface area contributed by atoms with Crippen LogP contribution in [0.15, 0.2) is 53.9 Å². The fraction of sp³-hybridized carbons (Fsp3) is 0.188. The summed E-state index contributed by atoms with van der Waals surface area (Å²) in [4.78, 5) is 13.1. The number of rotatable bonds is 5. The molecule has 5 heteroatoms. The van der Waals surface area contributed by atoms with Gasteiger partial charge in [-0.05, 0) is 24.6 Å². The Kier molecular flexibility index (Phi) is 4.31. The van der Waals surface area contributed by atoms with E-state index < -0.39 is 0 Å². The Bertz CT molecular complexity index is 722. The van der Waals surface area contributed by atoms with Crippen molar-refractivity contribution in [3.05, 3.63) is 54.5 Å². The first-order valence-corrected chi connectivity index (χ1v) is 7.86. The Morgan fingerprint density at radius 3 is 2.76 bits per heavy atom. The second-order valence-electron chi connectivity index (χ2n) is 4.57. The highest BCUT2D eigenvalue weighted by Gasteiger charge is 2.04. The molecule has 0 amide bonds. The van der Waals surface area contributed by atoms with Crippen LogP contribution in [-0.2, 0) is 5.75 Å². The third kappa shape index (κ3) is 3.31. The van der Waals surface area contributed by atoms with Crippen molar-refractivity contribution >= 4 is 28.5 Å². The number of pyridine rings is 1. The zero-order valence-corrected chi connectivity index (χ0v) is 12.6. The Morgan fingerprint density at radius 2 is 1.95 bits per heavy atom. The summed E-state index contributed by atoms with van der Waals surface area (Å²) in [6, 6.07) is 12.2. The topological polar surface area (TPSA) is 50.7 Å². The van der Waals surface area contributed by atoms with Gasteiger partial charge in [0.2, 0.25) is 0 Å². The average molecular weight is 296 g/mol. The molecule has 0 atom stereocenters. The van der Waals surface area contributed by atoms with Gasteiger partial charge in [0.1, 0.15) is 17.2 Å². The van der Waals surface area contributed by atoms with Gasteiger partial charge in [-0.3, -0.25) is 0 Å². The maximum Gasteiger partial charge on any atom is 0.125 e. The predicted molar refractivity (Wildman–Crippen MR) is 87.5 cm³/mol. The molecule has 21 heavy (non-hydrogen) atoms. The lowest BCUT2D eigenvalue weighted by molar-refractivity contribution is 1.10. The largest absolute Gasteiger partial charge is 0.370 e. The van der Waals surface area contributed by atoms with E-state index >= 15 is 0 Å². The maximum atomic E-state index is 4.39. The van der Waals surface area contributed by atoms with Gasteiger partial charge in [-0.2, -0.15) is 0 Å². The molecule has 0 saturated heterocycles. The Labute approximate surface area is 128 Å². The van der Waals surface area contributed by atoms with Gasteiger partial charge in [0, 0.05) is 23.9 Å². The number of nitrogens with zero attached hydrogens (tertiary/aromatic N) is 3. The zero-order valence-electron chi connectivity index (χ0n) is 11.8. The normalized spacial score (nSPS) is 10.7. The van der Waals surface area contributed by atoms with Crippen molar-refractivity contribution in [2.45, 2.75) is 17.7 Å². The van der Waals surface area contributed by atoms with E-state index in [1.807, 2.05) is 30.5 Å². The van der Waals surface area contributed by atoms with Crippen LogP contribution in [0.2, 0.25) is 0 Å². The molecule has 3 rings (SSSR count). The van der Waals surface area contributed by atoms with E-state index in [-0.39, 0.29) is 0 Å². The summed E-state index contributed by atoms with van der Waals surface area (Å²) in [7, 11) is 0. The molecule has 0 fully saturated rings. The molecule has 0 bridgehead atoms. The summed E-state index contributed by atoms with van der Waals surface area (Å²) in [6.07, 6.45) is 3.53. The lowest BCUT2D eigenvalue weighted by atomic mass is 10.2. The van der Waals surface area contributed by atoms with Crippen molar-refractivity contribution in [3.63, 3.8) is 0 Å². The molecule has 3 aromatic rings. The highest BCUT2D eigenvalue weighted by atomic mass is 32.2. The summed E-state index contributed by atoms with van der Waals surface area (Å²) < 4.78 is 0. The van der Waals surface area contributed by atoms with Gasteiger partial charge >= 0.3 is 0 Å². The molecule has 2 heterocycles. The number of hydrogen-bond donors (Lipinski definition) is 1. The summed E-state index contributed by atoms with van der Waals surface area (Å²) in [5.41, 5.74) is 2.17. The minimum absolute atomic E-state index is 0.848. The molecular weight excluding hydrogens is 280 g/mol. The molecular formula is C16H16N4S. The van der Waals surface area contributed by atoms with E-state index in [1.54, 1.807) is 18.1 Å². The number of benzene rings is 1. The van der Waals surface area contributed by atoms with Crippen LogP contribution in [0.3, 0.4) is 0 Å². The van der Waals surface area contributed by atoms with Gasteiger partial charge in [0.15, 0.2) is 0 Å². The van der Waals surface area contributed by atoms with Gasteiger partial charge in [-0.25, -0.2) is 15.0 Å². The fourth-order valence-electron chi connectivity index (χ4n) is 2.04. The second kappa shape index (κ2) is 6.54. The second-order valence-corrected chi connectivity index (χ2v) is 5.53. The van der Waals surface area contributed by atoms with Gasteiger partial charge in [0.25, 0.3) is 0 Å². The average Bonchev–Trinajstić information content (AvgIpc) is 2.54. The minimum atomic E-state index is 0.848. The molecule has 0 aliphatic carbocycles. The molecule has 0 radical (unpaired) electrons. The summed E-state index contributed by atoms with van der Waals surface area (Å²) in [5, 5.41) is 5.30. The van der Waals surface area contributed by atoms with Crippen molar-refractivity contribution in [3.8, 4) is 0 Å². The molecule has 2 aromatic heterocycles. The number of para-hydroxylation sites is 1. The molecule has 1 N–H and O–H groups in total. The molecule has 0 spiro atoms. The monoisotopic (exact) mass is 296 g/mol. The van der Waals surface area contributed by atoms with Crippen LogP contribution in [0.1, 0.15) is 12.5 Å². The third-order valence-corrected chi connectivity index (χ3v) is 4.14. The molecule has 0 saturated carbocycles. The highest BCUT2D eigenvalue weighted by molar-refractivity contribution is 7.98. The zero-order chi connectivity index (χ0) is 14.5. The lowest BCUT2D eigenvalue weighted by Gasteiger charge is -2.06. The van der Waals surface area contributed by atoms with Crippen molar-refractivity contribution in [1.29, 1.82) is 0 Å². The van der Waals surface area contributed by atoms with Crippen LogP contribution in [0.5, 0.6) is 0 Å². The first-order valence-electron chi connectivity index (χ1n) is 6.88. The summed E-state index contributed by atoms with van der Waals surface area (Å²) >= 11 is 1.71. The van der Waals surface area contributed by atoms with Crippen molar-refractivity contribution in [2.75, 3.05) is 11.9 Å². The Balaban J connectivity index is 1.74. The van der Waals surface area contributed by atoms with Gasteiger partial charge in [-0.15, -0.1) is 11.8 Å². The van der Waals surface area contributed by atoms with E-state index in [0.29, 0.717) is 0 Å². The number of nitrogens with one attached hydrogen (secondary N) is 1. The van der Waals surface area contributed by atoms with Crippen LogP contribution in [0.25, 0.3) is 10.9 Å². The maximum absolute atomic E-state index is 4.39. The standard InChI is InChI=1S/C16H16N4S/c1-2-17-15-8-7-12(9-18-15)10-21-16-13-5-3-4-6-14(13)19-11-20-16/h3-9,11H,2,10H2,1H3,(H,17,18). The SMILES string of the molecule is CCNc1ccc(CSc2ncnc3ccccc23)cn1. The summed E-state index contributed by atoms with van der Waals surface area (Å²) in [5.74, 6) is 1.76. The van der Waals surface area contributed by atoms with E-state index in [2.05, 4.69) is 39.3 Å². The van der Waals surface area contributed by atoms with Crippen molar-refractivity contribution in [1.82, 2.24) is 15.0 Å². The number of thioether (sulfide) groups is 1. The highest BCUT2D eigenvalue weighted by Crippen LogP contribution is 2.27. The molecule has 0 aliphatic rings. The fourth-order valence-corrected chi connectivity index (χ4v) is 2.97. The minimum Gasteiger partial charge on any atom is -0.370 e. The van der Waals surface area contributed by atoms with E-state index in [4.69, 9.17) is 0 Å². The van der Waals surface area contributed by atoms with E-state index in [1.165, 1.54) is 5.56 Å². The first kappa shape index (κ1) is 13.8. The molecule has 1 aromatic carbocycles. The van der Waals surface area contributed by atoms with Crippen LogP contribution >= 0.6 is 11.8 Å². The third-order valence-electron chi connectivity index (χ3n) is 3.06. The number of fused-ring (bicyclic) bond motifs is 1. The van der Waals surface area contributed by atoms with Gasteiger partial charge in [-0.1, -0.05) is 24.3 Å².